The van der Waals surface area contributed by atoms with Crippen molar-refractivity contribution in [3.63, 3.8) is 0 Å². The Morgan fingerprint density at radius 1 is 1.41 bits per heavy atom. The number of aryl methyl sites for hydroxylation is 2. The van der Waals surface area contributed by atoms with Gasteiger partial charge in [-0.15, -0.1) is 0 Å². The Labute approximate surface area is 127 Å². The largest absolute Gasteiger partial charge is 0.354 e. The number of amides is 1. The fourth-order valence-electron chi connectivity index (χ4n) is 2.20. The molecule has 0 radical (unpaired) electrons. The second-order valence-electron chi connectivity index (χ2n) is 5.10. The van der Waals surface area contributed by atoms with Gasteiger partial charge >= 0.3 is 0 Å². The molecule has 1 amide bonds. The molecule has 0 unspecified atom stereocenters. The Kier molecular flexibility index (Phi) is 4.08. The van der Waals surface area contributed by atoms with Gasteiger partial charge in [0, 0.05) is 25.0 Å². The maximum atomic E-state index is 11.7. The van der Waals surface area contributed by atoms with Crippen molar-refractivity contribution in [2.45, 2.75) is 26.3 Å². The van der Waals surface area contributed by atoms with Crippen LogP contribution in [0.5, 0.6) is 0 Å². The molecule has 0 aromatic carbocycles. The third-order valence-electron chi connectivity index (χ3n) is 3.23. The van der Waals surface area contributed by atoms with Crippen molar-refractivity contribution < 1.29 is 4.79 Å². The predicted molar refractivity (Wildman–Crippen MR) is 79.1 cm³/mol. The van der Waals surface area contributed by atoms with Crippen molar-refractivity contribution in [3.8, 4) is 0 Å². The van der Waals surface area contributed by atoms with Crippen LogP contribution in [-0.4, -0.2) is 41.8 Å². The molecule has 0 bridgehead atoms. The minimum atomic E-state index is -0.0678. The number of carbonyl (C=O) groups is 1. The van der Waals surface area contributed by atoms with Gasteiger partial charge in [0.25, 0.3) is 0 Å². The van der Waals surface area contributed by atoms with Crippen molar-refractivity contribution >= 4 is 11.6 Å². The normalized spacial score (nSPS) is 11.0. The van der Waals surface area contributed by atoms with Crippen LogP contribution in [0.15, 0.2) is 31.1 Å². The van der Waals surface area contributed by atoms with E-state index in [1.54, 1.807) is 4.52 Å². The van der Waals surface area contributed by atoms with E-state index < -0.39 is 0 Å². The molecule has 114 valence electrons. The summed E-state index contributed by atoms with van der Waals surface area (Å²) in [5.74, 6) is -0.0678. The summed E-state index contributed by atoms with van der Waals surface area (Å²) in [7, 11) is 0. The number of aromatic nitrogens is 6. The van der Waals surface area contributed by atoms with Crippen molar-refractivity contribution in [2.24, 2.45) is 0 Å². The summed E-state index contributed by atoms with van der Waals surface area (Å²) in [4.78, 5) is 19.8. The third-order valence-corrected chi connectivity index (χ3v) is 3.23. The molecule has 0 saturated carbocycles. The van der Waals surface area contributed by atoms with Gasteiger partial charge in [-0.05, 0) is 25.3 Å². The molecule has 3 aromatic rings. The van der Waals surface area contributed by atoms with Crippen LogP contribution >= 0.6 is 0 Å². The van der Waals surface area contributed by atoms with Gasteiger partial charge in [-0.25, -0.2) is 19.2 Å². The SMILES string of the molecule is Cc1cc2ncc(CCCNC(=O)Cn3cncn3)cn2n1. The van der Waals surface area contributed by atoms with Crippen LogP contribution in [-0.2, 0) is 17.8 Å². The molecule has 22 heavy (non-hydrogen) atoms. The zero-order valence-electron chi connectivity index (χ0n) is 12.3. The Bertz CT molecular complexity index is 763. The summed E-state index contributed by atoms with van der Waals surface area (Å²) < 4.78 is 3.28. The average molecular weight is 299 g/mol. The molecule has 0 atom stereocenters. The van der Waals surface area contributed by atoms with Crippen LogP contribution in [0.3, 0.4) is 0 Å². The van der Waals surface area contributed by atoms with Crippen molar-refractivity contribution in [3.05, 3.63) is 42.4 Å². The van der Waals surface area contributed by atoms with E-state index in [-0.39, 0.29) is 12.5 Å². The summed E-state index contributed by atoms with van der Waals surface area (Å²) in [6, 6.07) is 1.94. The molecule has 0 fully saturated rings. The Hall–Kier alpha value is -2.77. The lowest BCUT2D eigenvalue weighted by Crippen LogP contribution is -2.28. The van der Waals surface area contributed by atoms with Gasteiger partial charge in [0.2, 0.25) is 5.91 Å². The molecule has 0 aliphatic rings. The lowest BCUT2D eigenvalue weighted by atomic mass is 10.2. The second-order valence-corrected chi connectivity index (χ2v) is 5.10. The smallest absolute Gasteiger partial charge is 0.241 e. The third kappa shape index (κ3) is 3.46. The van der Waals surface area contributed by atoms with E-state index in [4.69, 9.17) is 0 Å². The monoisotopic (exact) mass is 299 g/mol. The molecule has 8 heteroatoms. The highest BCUT2D eigenvalue weighted by molar-refractivity contribution is 5.75. The number of fused-ring (bicyclic) bond motifs is 1. The molecule has 0 saturated heterocycles. The second kappa shape index (κ2) is 6.33. The summed E-state index contributed by atoms with van der Waals surface area (Å²) in [6.07, 6.45) is 8.45. The van der Waals surface area contributed by atoms with Crippen LogP contribution < -0.4 is 5.32 Å². The highest BCUT2D eigenvalue weighted by atomic mass is 16.2. The summed E-state index contributed by atoms with van der Waals surface area (Å²) in [5, 5.41) is 11.1. The van der Waals surface area contributed by atoms with E-state index in [0.717, 1.165) is 29.7 Å². The van der Waals surface area contributed by atoms with Gasteiger partial charge in [-0.2, -0.15) is 10.2 Å². The Balaban J connectivity index is 1.44. The highest BCUT2D eigenvalue weighted by Crippen LogP contribution is 2.06. The molecule has 0 spiro atoms. The topological polar surface area (TPSA) is 90.0 Å². The average Bonchev–Trinajstić information content (AvgIpc) is 3.11. The number of hydrogen-bond acceptors (Lipinski definition) is 5. The maximum absolute atomic E-state index is 11.7. The van der Waals surface area contributed by atoms with Gasteiger partial charge in [0.15, 0.2) is 5.65 Å². The van der Waals surface area contributed by atoms with Gasteiger partial charge < -0.3 is 5.32 Å². The summed E-state index contributed by atoms with van der Waals surface area (Å²) in [5.41, 5.74) is 2.90. The molecule has 3 aromatic heterocycles. The van der Waals surface area contributed by atoms with Gasteiger partial charge in [-0.3, -0.25) is 4.79 Å². The summed E-state index contributed by atoms with van der Waals surface area (Å²) >= 11 is 0. The van der Waals surface area contributed by atoms with E-state index in [1.165, 1.54) is 17.3 Å². The molecule has 0 aliphatic carbocycles. The van der Waals surface area contributed by atoms with Crippen LogP contribution in [0, 0.1) is 6.92 Å². The molecular weight excluding hydrogens is 282 g/mol. The van der Waals surface area contributed by atoms with E-state index >= 15 is 0 Å². The molecule has 3 rings (SSSR count). The molecule has 3 heterocycles. The fraction of sp³-hybridized carbons (Fsp3) is 0.357. The van der Waals surface area contributed by atoms with Gasteiger partial charge in [0.05, 0.1) is 5.69 Å². The van der Waals surface area contributed by atoms with Crippen LogP contribution in [0.1, 0.15) is 17.7 Å². The van der Waals surface area contributed by atoms with E-state index in [2.05, 4.69) is 25.5 Å². The Morgan fingerprint density at radius 3 is 3.14 bits per heavy atom. The highest BCUT2D eigenvalue weighted by Gasteiger charge is 2.04. The lowest BCUT2D eigenvalue weighted by molar-refractivity contribution is -0.121. The van der Waals surface area contributed by atoms with Crippen molar-refractivity contribution in [1.29, 1.82) is 0 Å². The van der Waals surface area contributed by atoms with Crippen LogP contribution in [0.4, 0.5) is 0 Å². The van der Waals surface area contributed by atoms with E-state index in [1.807, 2.05) is 25.4 Å². The molecule has 8 nitrogen and oxygen atoms in total. The summed E-state index contributed by atoms with van der Waals surface area (Å²) in [6.45, 7) is 2.75. The van der Waals surface area contributed by atoms with Gasteiger partial charge in [-0.1, -0.05) is 0 Å². The number of nitrogens with zero attached hydrogens (tertiary/aromatic N) is 6. The molecular formula is C14H17N7O. The maximum Gasteiger partial charge on any atom is 0.241 e. The first-order valence-electron chi connectivity index (χ1n) is 7.11. The predicted octanol–water partition coefficient (Wildman–Crippen LogP) is 0.378. The first kappa shape index (κ1) is 14.2. The van der Waals surface area contributed by atoms with E-state index in [9.17, 15) is 4.79 Å². The Morgan fingerprint density at radius 2 is 2.32 bits per heavy atom. The lowest BCUT2D eigenvalue weighted by Gasteiger charge is -2.05. The van der Waals surface area contributed by atoms with Crippen molar-refractivity contribution in [1.82, 2.24) is 34.7 Å². The standard InChI is InChI=1S/C14H17N7O/c1-11-5-13-17-6-12(7-21(13)19-11)3-2-4-16-14(22)8-20-10-15-9-18-20/h5-7,9-10H,2-4,8H2,1H3,(H,16,22). The number of hydrogen-bond donors (Lipinski definition) is 1. The zero-order valence-corrected chi connectivity index (χ0v) is 12.3. The molecule has 0 aliphatic heterocycles. The van der Waals surface area contributed by atoms with Crippen molar-refractivity contribution in [2.75, 3.05) is 6.54 Å². The first-order valence-corrected chi connectivity index (χ1v) is 7.11. The van der Waals surface area contributed by atoms with Crippen LogP contribution in [0.2, 0.25) is 0 Å². The van der Waals surface area contributed by atoms with Gasteiger partial charge in [0.1, 0.15) is 19.2 Å². The minimum Gasteiger partial charge on any atom is -0.354 e. The quantitative estimate of drug-likeness (QED) is 0.665. The number of rotatable bonds is 6. The minimum absolute atomic E-state index is 0.0678. The number of carbonyl (C=O) groups excluding carboxylic acids is 1. The fourth-order valence-corrected chi connectivity index (χ4v) is 2.20. The number of nitrogens with one attached hydrogen (secondary N) is 1. The molecule has 1 N–H and O–H groups in total. The van der Waals surface area contributed by atoms with Crippen LogP contribution in [0.25, 0.3) is 5.65 Å². The van der Waals surface area contributed by atoms with E-state index in [0.29, 0.717) is 6.54 Å². The first-order chi connectivity index (χ1) is 10.7. The zero-order chi connectivity index (χ0) is 15.4.